The highest BCUT2D eigenvalue weighted by atomic mass is 35.5. The Balaban J connectivity index is 2.36. The molecule has 0 saturated carbocycles. The van der Waals surface area contributed by atoms with Crippen molar-refractivity contribution in [2.24, 2.45) is 5.73 Å². The van der Waals surface area contributed by atoms with E-state index in [-0.39, 0.29) is 12.3 Å². The molecule has 0 unspecified atom stereocenters. The van der Waals surface area contributed by atoms with Gasteiger partial charge in [0.25, 0.3) is 0 Å². The van der Waals surface area contributed by atoms with Crippen LogP contribution in [-0.4, -0.2) is 15.5 Å². The Morgan fingerprint density at radius 2 is 2.17 bits per heavy atom. The third-order valence-electron chi connectivity index (χ3n) is 2.48. The SMILES string of the molecule is NC(=O)CCn1ccnc1-c1cc(Cl)ccc1Cl. The summed E-state index contributed by atoms with van der Waals surface area (Å²) >= 11 is 12.1. The molecule has 6 heteroatoms. The molecule has 2 rings (SSSR count). The van der Waals surface area contributed by atoms with Gasteiger partial charge < -0.3 is 10.3 Å². The number of amides is 1. The van der Waals surface area contributed by atoms with Crippen LogP contribution in [0.4, 0.5) is 0 Å². The lowest BCUT2D eigenvalue weighted by molar-refractivity contribution is -0.118. The smallest absolute Gasteiger partial charge is 0.219 e. The number of hydrogen-bond donors (Lipinski definition) is 1. The van der Waals surface area contributed by atoms with Crippen molar-refractivity contribution in [1.29, 1.82) is 0 Å². The average Bonchev–Trinajstić information content (AvgIpc) is 2.77. The minimum atomic E-state index is -0.355. The van der Waals surface area contributed by atoms with Gasteiger partial charge in [0.1, 0.15) is 5.82 Å². The zero-order valence-electron chi connectivity index (χ0n) is 9.44. The topological polar surface area (TPSA) is 60.9 Å². The maximum absolute atomic E-state index is 10.8. The first-order chi connectivity index (χ1) is 8.58. The van der Waals surface area contributed by atoms with Crippen molar-refractivity contribution in [2.45, 2.75) is 13.0 Å². The van der Waals surface area contributed by atoms with E-state index >= 15 is 0 Å². The van der Waals surface area contributed by atoms with E-state index in [0.29, 0.717) is 22.4 Å². The molecule has 1 aromatic heterocycles. The minimum Gasteiger partial charge on any atom is -0.370 e. The fourth-order valence-corrected chi connectivity index (χ4v) is 2.01. The number of carbonyl (C=O) groups excluding carboxylic acids is 1. The number of rotatable bonds is 4. The predicted octanol–water partition coefficient (Wildman–Crippen LogP) is 2.73. The Morgan fingerprint density at radius 1 is 1.39 bits per heavy atom. The summed E-state index contributed by atoms with van der Waals surface area (Å²) in [6, 6.07) is 5.17. The normalized spacial score (nSPS) is 10.6. The van der Waals surface area contributed by atoms with Crippen molar-refractivity contribution < 1.29 is 4.79 Å². The summed E-state index contributed by atoms with van der Waals surface area (Å²) in [5, 5.41) is 1.14. The number of primary amides is 1. The van der Waals surface area contributed by atoms with Crippen LogP contribution in [-0.2, 0) is 11.3 Å². The fourth-order valence-electron chi connectivity index (χ4n) is 1.63. The average molecular weight is 284 g/mol. The van der Waals surface area contributed by atoms with E-state index in [1.807, 2.05) is 4.57 Å². The van der Waals surface area contributed by atoms with Gasteiger partial charge in [-0.05, 0) is 18.2 Å². The van der Waals surface area contributed by atoms with Crippen LogP contribution in [0.1, 0.15) is 6.42 Å². The lowest BCUT2D eigenvalue weighted by atomic mass is 10.2. The van der Waals surface area contributed by atoms with Gasteiger partial charge in [-0.3, -0.25) is 4.79 Å². The van der Waals surface area contributed by atoms with Gasteiger partial charge in [-0.25, -0.2) is 4.98 Å². The van der Waals surface area contributed by atoms with Crippen molar-refractivity contribution in [3.05, 3.63) is 40.6 Å². The van der Waals surface area contributed by atoms with E-state index in [0.717, 1.165) is 5.56 Å². The van der Waals surface area contributed by atoms with Crippen LogP contribution in [0.3, 0.4) is 0 Å². The monoisotopic (exact) mass is 283 g/mol. The summed E-state index contributed by atoms with van der Waals surface area (Å²) in [5.41, 5.74) is 5.87. The molecular formula is C12H11Cl2N3O. The lowest BCUT2D eigenvalue weighted by Gasteiger charge is -2.08. The molecule has 4 nitrogen and oxygen atoms in total. The quantitative estimate of drug-likeness (QED) is 0.938. The van der Waals surface area contributed by atoms with E-state index in [4.69, 9.17) is 28.9 Å². The number of carbonyl (C=O) groups is 1. The lowest BCUT2D eigenvalue weighted by Crippen LogP contribution is -2.14. The molecule has 2 aromatic rings. The van der Waals surface area contributed by atoms with Crippen LogP contribution >= 0.6 is 23.2 Å². The number of aryl methyl sites for hydroxylation is 1. The minimum absolute atomic E-state index is 0.252. The highest BCUT2D eigenvalue weighted by molar-refractivity contribution is 6.35. The van der Waals surface area contributed by atoms with E-state index in [2.05, 4.69) is 4.98 Å². The summed E-state index contributed by atoms with van der Waals surface area (Å²) in [6.07, 6.45) is 3.67. The van der Waals surface area contributed by atoms with Crippen LogP contribution in [0.25, 0.3) is 11.4 Å². The van der Waals surface area contributed by atoms with Gasteiger partial charge in [0.05, 0.1) is 5.02 Å². The molecule has 94 valence electrons. The summed E-state index contributed by atoms with van der Waals surface area (Å²) in [5.74, 6) is 0.315. The Kier molecular flexibility index (Phi) is 3.89. The van der Waals surface area contributed by atoms with Gasteiger partial charge in [0.15, 0.2) is 0 Å². The molecule has 1 amide bonds. The summed E-state index contributed by atoms with van der Waals surface area (Å²) in [6.45, 7) is 0.466. The second-order valence-electron chi connectivity index (χ2n) is 3.78. The molecule has 1 aromatic carbocycles. The summed E-state index contributed by atoms with van der Waals surface area (Å²) < 4.78 is 1.82. The van der Waals surface area contributed by atoms with Crippen molar-refractivity contribution >= 4 is 29.1 Å². The molecule has 0 aliphatic rings. The molecule has 2 N–H and O–H groups in total. The van der Waals surface area contributed by atoms with Gasteiger partial charge in [-0.15, -0.1) is 0 Å². The van der Waals surface area contributed by atoms with E-state index < -0.39 is 0 Å². The fraction of sp³-hybridized carbons (Fsp3) is 0.167. The van der Waals surface area contributed by atoms with Crippen molar-refractivity contribution in [3.8, 4) is 11.4 Å². The number of imidazole rings is 1. The van der Waals surface area contributed by atoms with Crippen molar-refractivity contribution in [3.63, 3.8) is 0 Å². The first-order valence-electron chi connectivity index (χ1n) is 5.33. The van der Waals surface area contributed by atoms with E-state index in [1.165, 1.54) is 0 Å². The number of hydrogen-bond acceptors (Lipinski definition) is 2. The zero-order chi connectivity index (χ0) is 13.1. The summed E-state index contributed by atoms with van der Waals surface area (Å²) in [4.78, 5) is 15.0. The van der Waals surface area contributed by atoms with Gasteiger partial charge in [0.2, 0.25) is 5.91 Å². The van der Waals surface area contributed by atoms with E-state index in [9.17, 15) is 4.79 Å². The first kappa shape index (κ1) is 12.9. The molecule has 0 radical (unpaired) electrons. The van der Waals surface area contributed by atoms with Gasteiger partial charge in [0, 0.05) is 35.9 Å². The second kappa shape index (κ2) is 5.42. The third kappa shape index (κ3) is 2.83. The number of nitrogens with zero attached hydrogens (tertiary/aromatic N) is 2. The molecule has 0 bridgehead atoms. The molecule has 0 aliphatic heterocycles. The Hall–Kier alpha value is -1.52. The van der Waals surface area contributed by atoms with Crippen molar-refractivity contribution in [2.75, 3.05) is 0 Å². The Labute approximate surface area is 114 Å². The standard InChI is InChI=1S/C12H11Cl2N3O/c13-8-1-2-10(14)9(7-8)12-16-4-6-17(12)5-3-11(15)18/h1-2,4,6-7H,3,5H2,(H2,15,18). The Morgan fingerprint density at radius 3 is 2.89 bits per heavy atom. The maximum Gasteiger partial charge on any atom is 0.219 e. The molecule has 1 heterocycles. The van der Waals surface area contributed by atoms with Crippen LogP contribution in [0.15, 0.2) is 30.6 Å². The molecule has 0 spiro atoms. The number of benzene rings is 1. The molecule has 0 fully saturated rings. The highest BCUT2D eigenvalue weighted by Gasteiger charge is 2.11. The second-order valence-corrected chi connectivity index (χ2v) is 4.63. The largest absolute Gasteiger partial charge is 0.370 e. The molecule has 0 atom stereocenters. The van der Waals surface area contributed by atoms with Gasteiger partial charge in [-0.1, -0.05) is 23.2 Å². The molecule has 0 saturated heterocycles. The maximum atomic E-state index is 10.8. The number of nitrogens with two attached hydrogens (primary N) is 1. The van der Waals surface area contributed by atoms with Crippen LogP contribution in [0, 0.1) is 0 Å². The van der Waals surface area contributed by atoms with E-state index in [1.54, 1.807) is 30.6 Å². The highest BCUT2D eigenvalue weighted by Crippen LogP contribution is 2.29. The van der Waals surface area contributed by atoms with Crippen LogP contribution in [0.2, 0.25) is 10.0 Å². The predicted molar refractivity (Wildman–Crippen MR) is 71.5 cm³/mol. The first-order valence-corrected chi connectivity index (χ1v) is 6.08. The Bertz CT molecular complexity index is 580. The molecule has 18 heavy (non-hydrogen) atoms. The van der Waals surface area contributed by atoms with Crippen LogP contribution < -0.4 is 5.73 Å². The van der Waals surface area contributed by atoms with Crippen molar-refractivity contribution in [1.82, 2.24) is 9.55 Å². The summed E-state index contributed by atoms with van der Waals surface area (Å²) in [7, 11) is 0. The third-order valence-corrected chi connectivity index (χ3v) is 3.05. The van der Waals surface area contributed by atoms with Gasteiger partial charge >= 0.3 is 0 Å². The molecule has 0 aliphatic carbocycles. The zero-order valence-corrected chi connectivity index (χ0v) is 10.9. The number of halogens is 2. The van der Waals surface area contributed by atoms with Crippen LogP contribution in [0.5, 0.6) is 0 Å². The molecular weight excluding hydrogens is 273 g/mol. The van der Waals surface area contributed by atoms with Gasteiger partial charge in [-0.2, -0.15) is 0 Å². The number of aromatic nitrogens is 2.